The van der Waals surface area contributed by atoms with Gasteiger partial charge in [0.2, 0.25) is 5.57 Å². The molecule has 3 N–H and O–H groups in total. The number of aromatic nitrogens is 2. The van der Waals surface area contributed by atoms with Gasteiger partial charge < -0.3 is 6.15 Å². The molecular weight excluding hydrogens is 243 g/mol. The van der Waals surface area contributed by atoms with Crippen molar-refractivity contribution in [1.82, 2.24) is 16.1 Å². The van der Waals surface area contributed by atoms with Gasteiger partial charge >= 0.3 is 5.85 Å². The number of hydrogen-bond donors (Lipinski definition) is 1. The Morgan fingerprint density at radius 2 is 2.00 bits per heavy atom. The third-order valence-electron chi connectivity index (χ3n) is 0.842. The second-order valence-corrected chi connectivity index (χ2v) is 6.73. The molecule has 0 atom stereocenters. The number of nitrogens with zero attached hydrogens (tertiary/aromatic N) is 2. The van der Waals surface area contributed by atoms with Gasteiger partial charge in [0.05, 0.1) is 0 Å². The lowest BCUT2D eigenvalue weighted by Crippen LogP contribution is -2.08. The van der Waals surface area contributed by atoms with Crippen molar-refractivity contribution in [1.29, 1.82) is 0 Å². The maximum absolute atomic E-state index is 10.9. The van der Waals surface area contributed by atoms with Crippen LogP contribution in [0.2, 0.25) is 5.15 Å². The summed E-state index contributed by atoms with van der Waals surface area (Å²) in [5.41, 5.74) is -0.131. The minimum Gasteiger partial charge on any atom is -0.344 e. The minimum atomic E-state index is -3.41. The van der Waals surface area contributed by atoms with E-state index in [1.807, 2.05) is 0 Å². The zero-order chi connectivity index (χ0) is 8.48. The molecule has 0 fully saturated rings. The highest BCUT2D eigenvalue weighted by Crippen LogP contribution is 2.53. The van der Waals surface area contributed by atoms with Crippen LogP contribution in [0.4, 0.5) is 0 Å². The molecule has 0 saturated carbocycles. The van der Waals surface area contributed by atoms with Crippen LogP contribution in [-0.2, 0) is 4.57 Å². The van der Waals surface area contributed by atoms with Crippen LogP contribution in [0.25, 0.3) is 0 Å². The summed E-state index contributed by atoms with van der Waals surface area (Å²) in [6.07, 6.45) is 1.34. The van der Waals surface area contributed by atoms with E-state index in [9.17, 15) is 4.57 Å². The van der Waals surface area contributed by atoms with E-state index in [0.717, 1.165) is 0 Å². The van der Waals surface area contributed by atoms with E-state index in [0.29, 0.717) is 0 Å². The number of rotatable bonds is 1. The lowest BCUT2D eigenvalue weighted by molar-refractivity contribution is 0.596. The molecule has 1 rings (SSSR count). The Kier molecular flexibility index (Phi) is 4.45. The monoisotopic (exact) mass is 247 g/mol. The van der Waals surface area contributed by atoms with Crippen LogP contribution in [0.15, 0.2) is 12.3 Å². The first-order valence-corrected chi connectivity index (χ1v) is 6.38. The summed E-state index contributed by atoms with van der Waals surface area (Å²) < 4.78 is 10.9. The van der Waals surface area contributed by atoms with E-state index < -0.39 is 5.85 Å². The highest BCUT2D eigenvalue weighted by atomic mass is 35.9. The summed E-state index contributed by atoms with van der Waals surface area (Å²) in [5.74, 6) is -3.41. The average molecular weight is 248 g/mol. The first-order valence-electron chi connectivity index (χ1n) is 2.48. The molecule has 0 aliphatic carbocycles. The van der Waals surface area contributed by atoms with Crippen molar-refractivity contribution < 1.29 is 4.57 Å². The molecule has 12 heavy (non-hydrogen) atoms. The maximum atomic E-state index is 10.9. The molecule has 1 heterocycles. The highest BCUT2D eigenvalue weighted by Gasteiger charge is 2.20. The Labute approximate surface area is 83.8 Å². The molecule has 0 aromatic carbocycles. The van der Waals surface area contributed by atoms with Crippen molar-refractivity contribution in [2.24, 2.45) is 0 Å². The van der Waals surface area contributed by atoms with Crippen LogP contribution in [-0.4, -0.2) is 9.97 Å². The predicted molar refractivity (Wildman–Crippen MR) is 51.0 cm³/mol. The van der Waals surface area contributed by atoms with Gasteiger partial charge in [0.1, 0.15) is 5.15 Å². The Balaban J connectivity index is 0.00000121. The number of halogens is 3. The molecule has 8 heteroatoms. The van der Waals surface area contributed by atoms with Gasteiger partial charge in [0.25, 0.3) is 0 Å². The smallest absolute Gasteiger partial charge is 0.317 e. The van der Waals surface area contributed by atoms with Gasteiger partial charge in [-0.05, 0) is 28.5 Å². The standard InChI is InChI=1S/C4H2Cl3N2OP.H3N/c5-3-1-2-8-4(9-3)11(6,7)10;/h1-2H;1H3. The van der Waals surface area contributed by atoms with E-state index in [2.05, 4.69) is 9.97 Å². The second kappa shape index (κ2) is 4.40. The van der Waals surface area contributed by atoms with Gasteiger partial charge in [-0.3, -0.25) is 4.57 Å². The Bertz CT molecular complexity index is 314. The fourth-order valence-corrected chi connectivity index (χ4v) is 1.56. The molecule has 0 bridgehead atoms. The van der Waals surface area contributed by atoms with Crippen LogP contribution in [0.3, 0.4) is 0 Å². The molecule has 1 aromatic heterocycles. The molecule has 0 aliphatic heterocycles. The van der Waals surface area contributed by atoms with E-state index in [1.54, 1.807) is 0 Å². The summed E-state index contributed by atoms with van der Waals surface area (Å²) in [6.45, 7) is 0. The Hall–Kier alpha value is 0.140. The zero-order valence-corrected chi connectivity index (χ0v) is 8.91. The predicted octanol–water partition coefficient (Wildman–Crippen LogP) is 2.59. The van der Waals surface area contributed by atoms with Crippen LogP contribution in [0.5, 0.6) is 0 Å². The lowest BCUT2D eigenvalue weighted by atomic mass is 10.7. The van der Waals surface area contributed by atoms with E-state index in [1.165, 1.54) is 12.3 Å². The van der Waals surface area contributed by atoms with Crippen molar-refractivity contribution >= 4 is 45.5 Å². The van der Waals surface area contributed by atoms with Crippen LogP contribution >= 0.6 is 39.9 Å². The molecule has 68 valence electrons. The fourth-order valence-electron chi connectivity index (χ4n) is 0.453. The quantitative estimate of drug-likeness (QED) is 0.612. The minimum absolute atomic E-state index is 0. The van der Waals surface area contributed by atoms with Gasteiger partial charge in [-0.2, -0.15) is 0 Å². The van der Waals surface area contributed by atoms with Crippen molar-refractivity contribution in [3.05, 3.63) is 17.4 Å². The van der Waals surface area contributed by atoms with Gasteiger partial charge in [-0.15, -0.1) is 0 Å². The third kappa shape index (κ3) is 3.25. The molecule has 0 radical (unpaired) electrons. The number of hydrogen-bond acceptors (Lipinski definition) is 4. The summed E-state index contributed by atoms with van der Waals surface area (Å²) in [4.78, 5) is 7.16. The van der Waals surface area contributed by atoms with Gasteiger partial charge in [0.15, 0.2) is 0 Å². The largest absolute Gasteiger partial charge is 0.344 e. The lowest BCUT2D eigenvalue weighted by Gasteiger charge is -1.97. The third-order valence-corrected chi connectivity index (χ3v) is 2.64. The van der Waals surface area contributed by atoms with Crippen LogP contribution < -0.4 is 11.7 Å². The van der Waals surface area contributed by atoms with E-state index >= 15 is 0 Å². The Morgan fingerprint density at radius 3 is 2.33 bits per heavy atom. The molecule has 4 nitrogen and oxygen atoms in total. The second-order valence-electron chi connectivity index (χ2n) is 1.64. The zero-order valence-electron chi connectivity index (χ0n) is 5.75. The molecule has 0 aliphatic rings. The SMILES string of the molecule is N.O=P(Cl)(Cl)c1nccc(Cl)n1. The normalized spacial score (nSPS) is 10.6. The van der Waals surface area contributed by atoms with Gasteiger partial charge in [-0.1, -0.05) is 11.6 Å². The first kappa shape index (κ1) is 12.1. The molecule has 0 saturated heterocycles. The van der Waals surface area contributed by atoms with E-state index in [-0.39, 0.29) is 16.9 Å². The summed E-state index contributed by atoms with van der Waals surface area (Å²) in [5, 5.41) is 0.163. The molecular formula is C4H5Cl3N3OP. The van der Waals surface area contributed by atoms with E-state index in [4.69, 9.17) is 34.1 Å². The van der Waals surface area contributed by atoms with Crippen molar-refractivity contribution in [3.8, 4) is 0 Å². The molecule has 0 unspecified atom stereocenters. The maximum Gasteiger partial charge on any atom is 0.317 e. The summed E-state index contributed by atoms with van der Waals surface area (Å²) in [6, 6.07) is 1.44. The highest BCUT2D eigenvalue weighted by molar-refractivity contribution is 8.13. The fraction of sp³-hybridized carbons (Fsp3) is 0. The average Bonchev–Trinajstić information content (AvgIpc) is 1.86. The summed E-state index contributed by atoms with van der Waals surface area (Å²) in [7, 11) is 0. The Morgan fingerprint density at radius 1 is 1.42 bits per heavy atom. The van der Waals surface area contributed by atoms with Crippen molar-refractivity contribution in [2.75, 3.05) is 0 Å². The van der Waals surface area contributed by atoms with Crippen molar-refractivity contribution in [2.45, 2.75) is 0 Å². The topological polar surface area (TPSA) is 77.9 Å². The molecule has 0 spiro atoms. The van der Waals surface area contributed by atoms with Gasteiger partial charge in [-0.25, -0.2) is 9.97 Å². The van der Waals surface area contributed by atoms with Crippen LogP contribution in [0.1, 0.15) is 0 Å². The molecule has 0 amide bonds. The first-order chi connectivity index (χ1) is 5.00. The van der Waals surface area contributed by atoms with Gasteiger partial charge in [0, 0.05) is 6.20 Å². The van der Waals surface area contributed by atoms with Crippen LogP contribution in [0, 0.1) is 0 Å². The summed E-state index contributed by atoms with van der Waals surface area (Å²) >= 11 is 16.0. The van der Waals surface area contributed by atoms with Crippen molar-refractivity contribution in [3.63, 3.8) is 0 Å². The molecule has 1 aromatic rings.